The maximum absolute atomic E-state index is 13.3. The van der Waals surface area contributed by atoms with Crippen molar-refractivity contribution in [1.82, 2.24) is 9.97 Å². The Balaban J connectivity index is 1.41. The zero-order valence-electron chi connectivity index (χ0n) is 20.5. The van der Waals surface area contributed by atoms with Gasteiger partial charge in [0, 0.05) is 18.7 Å². The zero-order chi connectivity index (χ0) is 26.2. The predicted octanol–water partition coefficient (Wildman–Crippen LogP) is 5.56. The van der Waals surface area contributed by atoms with Gasteiger partial charge in [-0.05, 0) is 68.4 Å². The van der Waals surface area contributed by atoms with Gasteiger partial charge in [0.25, 0.3) is 10.0 Å². The Morgan fingerprint density at radius 3 is 2.59 bits per heavy atom. The molecule has 2 aromatic heterocycles. The number of hydrogen-bond acceptors (Lipinski definition) is 6. The van der Waals surface area contributed by atoms with Crippen LogP contribution in [-0.2, 0) is 14.8 Å². The maximum Gasteiger partial charge on any atom is 0.311 e. The fourth-order valence-corrected chi connectivity index (χ4v) is 6.18. The average molecular weight is 541 g/mol. The number of nitrogens with zero attached hydrogens (tertiary/aromatic N) is 3. The second kappa shape index (κ2) is 9.95. The molecule has 1 saturated heterocycles. The molecule has 1 aliphatic carbocycles. The molecule has 1 aliphatic heterocycles. The van der Waals surface area contributed by atoms with Crippen LogP contribution in [-0.4, -0.2) is 42.6 Å². The molecule has 37 heavy (non-hydrogen) atoms. The zero-order valence-corrected chi connectivity index (χ0v) is 22.1. The van der Waals surface area contributed by atoms with E-state index in [0.717, 1.165) is 18.4 Å². The summed E-state index contributed by atoms with van der Waals surface area (Å²) < 4.78 is 29.1. The number of benzene rings is 1. The number of carboxylic acid groups (broad SMARTS) is 1. The van der Waals surface area contributed by atoms with E-state index < -0.39 is 21.4 Å². The van der Waals surface area contributed by atoms with Crippen LogP contribution in [0.1, 0.15) is 50.5 Å². The van der Waals surface area contributed by atoms with E-state index in [-0.39, 0.29) is 17.4 Å². The molecule has 0 amide bonds. The van der Waals surface area contributed by atoms with Gasteiger partial charge in [0.1, 0.15) is 11.6 Å². The summed E-state index contributed by atoms with van der Waals surface area (Å²) in [6, 6.07) is 15.9. The van der Waals surface area contributed by atoms with Crippen LogP contribution < -0.4 is 9.62 Å². The number of carbonyl (C=O) groups is 1. The van der Waals surface area contributed by atoms with Gasteiger partial charge in [-0.3, -0.25) is 9.52 Å². The number of anilines is 2. The molecular weight excluding hydrogens is 512 g/mol. The van der Waals surface area contributed by atoms with E-state index >= 15 is 0 Å². The van der Waals surface area contributed by atoms with Gasteiger partial charge in [0.2, 0.25) is 0 Å². The first-order valence-corrected chi connectivity index (χ1v) is 14.3. The first-order chi connectivity index (χ1) is 17.7. The summed E-state index contributed by atoms with van der Waals surface area (Å²) in [5.74, 6) is 0.158. The lowest BCUT2D eigenvalue weighted by Gasteiger charge is -2.38. The fraction of sp³-hybridized carbons (Fsp3) is 0.370. The van der Waals surface area contributed by atoms with Crippen molar-refractivity contribution < 1.29 is 18.3 Å². The van der Waals surface area contributed by atoms with E-state index in [4.69, 9.17) is 11.6 Å². The van der Waals surface area contributed by atoms with Crippen LogP contribution >= 0.6 is 11.6 Å². The van der Waals surface area contributed by atoms with Crippen molar-refractivity contribution in [2.24, 2.45) is 5.41 Å². The number of nitrogens with one attached hydrogen (secondary N) is 1. The molecule has 0 spiro atoms. The maximum atomic E-state index is 13.3. The molecule has 1 unspecified atom stereocenters. The molecule has 3 heterocycles. The number of aliphatic carboxylic acids is 1. The Labute approximate surface area is 221 Å². The van der Waals surface area contributed by atoms with Crippen molar-refractivity contribution in [2.75, 3.05) is 22.7 Å². The highest BCUT2D eigenvalue weighted by atomic mass is 35.5. The van der Waals surface area contributed by atoms with Crippen LogP contribution in [0.25, 0.3) is 11.3 Å². The number of sulfonamides is 1. The third kappa shape index (κ3) is 5.15. The van der Waals surface area contributed by atoms with Crippen molar-refractivity contribution in [3.63, 3.8) is 0 Å². The Kier molecular flexibility index (Phi) is 6.85. The van der Waals surface area contributed by atoms with E-state index in [1.807, 2.05) is 23.1 Å². The second-order valence-electron chi connectivity index (χ2n) is 10.1. The third-order valence-corrected chi connectivity index (χ3v) is 8.93. The summed E-state index contributed by atoms with van der Waals surface area (Å²) in [5.41, 5.74) is 1.71. The quantitative estimate of drug-likeness (QED) is 0.403. The lowest BCUT2D eigenvalue weighted by atomic mass is 9.78. The van der Waals surface area contributed by atoms with E-state index in [0.29, 0.717) is 41.8 Å². The number of hydrogen-bond donors (Lipinski definition) is 2. The minimum Gasteiger partial charge on any atom is -0.481 e. The average Bonchev–Trinajstić information content (AvgIpc) is 2.84. The minimum absolute atomic E-state index is 0.145. The summed E-state index contributed by atoms with van der Waals surface area (Å²) in [6.45, 7) is 2.57. The minimum atomic E-state index is -4.06. The number of carboxylic acids is 1. The Morgan fingerprint density at radius 1 is 1.08 bits per heavy atom. The molecular formula is C27H29ClN4O4S. The van der Waals surface area contributed by atoms with Crippen molar-refractivity contribution in [3.8, 4) is 11.3 Å². The largest absolute Gasteiger partial charge is 0.481 e. The summed E-state index contributed by atoms with van der Waals surface area (Å²) in [6.07, 6.45) is 4.67. The molecule has 2 fully saturated rings. The molecule has 0 radical (unpaired) electrons. The van der Waals surface area contributed by atoms with Crippen molar-refractivity contribution in [3.05, 3.63) is 65.2 Å². The Hall–Kier alpha value is -3.17. The normalized spacial score (nSPS) is 20.3. The van der Waals surface area contributed by atoms with Crippen LogP contribution in [0.3, 0.4) is 0 Å². The molecule has 10 heteroatoms. The summed E-state index contributed by atoms with van der Waals surface area (Å²) >= 11 is 6.51. The number of pyridine rings is 2. The molecule has 1 aromatic carbocycles. The smallest absolute Gasteiger partial charge is 0.311 e. The van der Waals surface area contributed by atoms with Crippen LogP contribution in [0.15, 0.2) is 59.6 Å². The molecule has 5 rings (SSSR count). The molecule has 3 aromatic rings. The van der Waals surface area contributed by atoms with Gasteiger partial charge in [-0.15, -0.1) is 0 Å². The van der Waals surface area contributed by atoms with E-state index in [1.54, 1.807) is 25.1 Å². The number of halogens is 1. The van der Waals surface area contributed by atoms with Gasteiger partial charge in [-0.1, -0.05) is 48.4 Å². The molecule has 1 saturated carbocycles. The molecule has 194 valence electrons. The van der Waals surface area contributed by atoms with E-state index in [2.05, 4.69) is 20.8 Å². The van der Waals surface area contributed by atoms with Crippen molar-refractivity contribution in [2.45, 2.75) is 50.0 Å². The summed E-state index contributed by atoms with van der Waals surface area (Å²) in [4.78, 5) is 22.5. The summed E-state index contributed by atoms with van der Waals surface area (Å²) in [7, 11) is -4.06. The van der Waals surface area contributed by atoms with Gasteiger partial charge in [0.05, 0.1) is 16.1 Å². The van der Waals surface area contributed by atoms with E-state index in [1.165, 1.54) is 24.1 Å². The number of rotatable bonds is 7. The first-order valence-electron chi connectivity index (χ1n) is 12.4. The summed E-state index contributed by atoms with van der Waals surface area (Å²) in [5, 5.41) is 9.91. The molecule has 2 N–H and O–H groups in total. The van der Waals surface area contributed by atoms with Gasteiger partial charge in [-0.25, -0.2) is 9.97 Å². The van der Waals surface area contributed by atoms with E-state index in [9.17, 15) is 18.3 Å². The Morgan fingerprint density at radius 2 is 1.86 bits per heavy atom. The second-order valence-corrected chi connectivity index (χ2v) is 12.1. The highest BCUT2D eigenvalue weighted by Crippen LogP contribution is 2.42. The fourth-order valence-electron chi connectivity index (χ4n) is 5.01. The first kappa shape index (κ1) is 25.5. The molecule has 1 atom stereocenters. The number of piperidine rings is 1. The molecule has 2 aliphatic rings. The highest BCUT2D eigenvalue weighted by molar-refractivity contribution is 7.92. The van der Waals surface area contributed by atoms with Crippen LogP contribution in [0, 0.1) is 5.41 Å². The predicted molar refractivity (Wildman–Crippen MR) is 144 cm³/mol. The monoisotopic (exact) mass is 540 g/mol. The van der Waals surface area contributed by atoms with Gasteiger partial charge in [0.15, 0.2) is 5.03 Å². The van der Waals surface area contributed by atoms with Gasteiger partial charge >= 0.3 is 5.97 Å². The number of aromatic nitrogens is 2. The van der Waals surface area contributed by atoms with Gasteiger partial charge < -0.3 is 10.0 Å². The molecule has 8 nitrogen and oxygen atoms in total. The lowest BCUT2D eigenvalue weighted by molar-refractivity contribution is -0.148. The van der Waals surface area contributed by atoms with Crippen molar-refractivity contribution in [1.29, 1.82) is 0 Å². The topological polar surface area (TPSA) is 112 Å². The van der Waals surface area contributed by atoms with Gasteiger partial charge in [-0.2, -0.15) is 8.42 Å². The van der Waals surface area contributed by atoms with Crippen LogP contribution in [0.2, 0.25) is 5.02 Å². The highest BCUT2D eigenvalue weighted by Gasteiger charge is 2.38. The third-order valence-electron chi connectivity index (χ3n) is 7.37. The van der Waals surface area contributed by atoms with Crippen LogP contribution in [0.5, 0.6) is 0 Å². The Bertz CT molecular complexity index is 1440. The van der Waals surface area contributed by atoms with Crippen molar-refractivity contribution >= 4 is 39.2 Å². The van der Waals surface area contributed by atoms with Crippen LogP contribution in [0.4, 0.5) is 11.6 Å². The lowest BCUT2D eigenvalue weighted by Crippen LogP contribution is -2.46. The molecule has 0 bridgehead atoms. The SMILES string of the molecule is CC1(C(=O)O)CCCN(c2cccc(S(=O)(=O)Nc3ccc(Cl)c(-c4ccccc4C4CCC4)n3)n2)C1. The standard InChI is InChI=1S/C27H29ClN4O4S/c1-27(26(33)34)15-6-16-32(17-27)23-11-5-12-24(30-23)37(35,36)31-22-14-13-21(28)25(29-22)20-10-3-2-9-19(20)18-7-4-8-18/h2-3,5,9-14,18H,4,6-8,15-17H2,1H3,(H,29,31)(H,33,34).